The van der Waals surface area contributed by atoms with Crippen LogP contribution in [0.4, 0.5) is 16.2 Å². The molecule has 1 heterocycles. The fourth-order valence-electron chi connectivity index (χ4n) is 3.59. The number of amides is 2. The maximum atomic E-state index is 13.1. The minimum atomic E-state index is -2.50. The van der Waals surface area contributed by atoms with E-state index in [1.807, 2.05) is 44.0 Å². The summed E-state index contributed by atoms with van der Waals surface area (Å²) in [7, 11) is 2.04. The lowest BCUT2D eigenvalue weighted by Gasteiger charge is -2.31. The molecule has 2 aromatic rings. The zero-order valence-electron chi connectivity index (χ0n) is 18.7. The minimum Gasteiger partial charge on any atom is -0.375 e. The van der Waals surface area contributed by atoms with Crippen molar-refractivity contribution in [3.8, 4) is 0 Å². The number of aryl methyl sites for hydroxylation is 1. The number of benzene rings is 2. The van der Waals surface area contributed by atoms with Crippen molar-refractivity contribution in [2.75, 3.05) is 22.8 Å². The third-order valence-corrected chi connectivity index (χ3v) is 6.54. The number of nitrogens with zero attached hydrogens (tertiary/aromatic N) is 4. The van der Waals surface area contributed by atoms with Gasteiger partial charge in [0.05, 0.1) is 5.69 Å². The van der Waals surface area contributed by atoms with Gasteiger partial charge >= 0.3 is 6.03 Å². The topological polar surface area (TPSA) is 67.3 Å². The van der Waals surface area contributed by atoms with Crippen LogP contribution >= 0.6 is 11.6 Å². The van der Waals surface area contributed by atoms with E-state index in [1.165, 1.54) is 4.90 Å². The first-order valence-electron chi connectivity index (χ1n) is 10.5. The first-order valence-corrected chi connectivity index (χ1v) is 11.9. The third kappa shape index (κ3) is 5.26. The van der Waals surface area contributed by atoms with E-state index in [4.69, 9.17) is 11.6 Å². The molecule has 1 N–H and O–H groups in total. The highest BCUT2D eigenvalue weighted by Gasteiger charge is 2.33. The molecule has 0 aromatic heterocycles. The molecular weight excluding hydrogens is 448 g/mol. The number of carbonyl (C=O) groups excluding carboxylic acids is 1. The van der Waals surface area contributed by atoms with E-state index in [0.29, 0.717) is 17.3 Å². The monoisotopic (exact) mass is 476 g/mol. The molecule has 2 aromatic carbocycles. The summed E-state index contributed by atoms with van der Waals surface area (Å²) in [5.74, 6) is 0. The van der Waals surface area contributed by atoms with Crippen molar-refractivity contribution in [3.05, 3.63) is 71.0 Å². The number of carbonyl (C=O) groups is 1. The SMILES string of the molecule is CCCN(C)c1ccc(CN2C=CN(C(=O)N(c3ccc(C)cc3)S(=O)O)C2C)c(Cl)c1. The van der Waals surface area contributed by atoms with Crippen molar-refractivity contribution in [3.63, 3.8) is 0 Å². The molecule has 32 heavy (non-hydrogen) atoms. The second-order valence-corrected chi connectivity index (χ2v) is 9.08. The fourth-order valence-corrected chi connectivity index (χ4v) is 4.35. The number of hydrogen-bond donors (Lipinski definition) is 1. The predicted molar refractivity (Wildman–Crippen MR) is 131 cm³/mol. The molecule has 0 spiro atoms. The number of hydrogen-bond acceptors (Lipinski definition) is 4. The molecule has 0 saturated carbocycles. The Bertz CT molecular complexity index is 1010. The largest absolute Gasteiger partial charge is 0.375 e. The van der Waals surface area contributed by atoms with E-state index < -0.39 is 17.3 Å². The van der Waals surface area contributed by atoms with Gasteiger partial charge in [0, 0.05) is 43.2 Å². The van der Waals surface area contributed by atoms with Crippen LogP contribution in [-0.4, -0.2) is 44.4 Å². The molecule has 2 unspecified atom stereocenters. The van der Waals surface area contributed by atoms with Crippen molar-refractivity contribution in [1.29, 1.82) is 0 Å². The molecule has 0 bridgehead atoms. The molecule has 7 nitrogen and oxygen atoms in total. The molecule has 1 aliphatic heterocycles. The van der Waals surface area contributed by atoms with Crippen molar-refractivity contribution in [2.45, 2.75) is 39.9 Å². The average Bonchev–Trinajstić information content (AvgIpc) is 3.11. The van der Waals surface area contributed by atoms with Gasteiger partial charge < -0.3 is 9.80 Å². The van der Waals surface area contributed by atoms with Crippen LogP contribution in [0.15, 0.2) is 54.9 Å². The minimum absolute atomic E-state index is 0.350. The van der Waals surface area contributed by atoms with Crippen molar-refractivity contribution in [2.24, 2.45) is 0 Å². The van der Waals surface area contributed by atoms with Crippen molar-refractivity contribution >= 4 is 40.3 Å². The van der Waals surface area contributed by atoms with Crippen LogP contribution < -0.4 is 9.21 Å². The van der Waals surface area contributed by atoms with Crippen LogP contribution in [-0.2, 0) is 17.8 Å². The summed E-state index contributed by atoms with van der Waals surface area (Å²) >= 11 is 4.04. The lowest BCUT2D eigenvalue weighted by atomic mass is 10.1. The third-order valence-electron chi connectivity index (χ3n) is 5.51. The lowest BCUT2D eigenvalue weighted by molar-refractivity contribution is 0.168. The quantitative estimate of drug-likeness (QED) is 0.557. The highest BCUT2D eigenvalue weighted by atomic mass is 35.5. The van der Waals surface area contributed by atoms with Crippen molar-refractivity contribution < 1.29 is 13.6 Å². The lowest BCUT2D eigenvalue weighted by Crippen LogP contribution is -2.47. The zero-order chi connectivity index (χ0) is 23.4. The Labute approximate surface area is 197 Å². The summed E-state index contributed by atoms with van der Waals surface area (Å²) in [4.78, 5) is 18.7. The van der Waals surface area contributed by atoms with E-state index in [-0.39, 0.29) is 6.17 Å². The molecule has 2 atom stereocenters. The smallest absolute Gasteiger partial charge is 0.344 e. The first-order chi connectivity index (χ1) is 15.2. The highest BCUT2D eigenvalue weighted by Crippen LogP contribution is 2.28. The summed E-state index contributed by atoms with van der Waals surface area (Å²) in [6.07, 6.45) is 4.12. The summed E-state index contributed by atoms with van der Waals surface area (Å²) in [5.41, 5.74) is 3.35. The van der Waals surface area contributed by atoms with Gasteiger partial charge in [-0.2, -0.15) is 4.31 Å². The summed E-state index contributed by atoms with van der Waals surface area (Å²) < 4.78 is 22.6. The van der Waals surface area contributed by atoms with E-state index in [0.717, 1.165) is 34.1 Å². The van der Waals surface area contributed by atoms with Crippen LogP contribution in [0.5, 0.6) is 0 Å². The maximum absolute atomic E-state index is 13.1. The Morgan fingerprint density at radius 2 is 1.81 bits per heavy atom. The zero-order valence-corrected chi connectivity index (χ0v) is 20.3. The maximum Gasteiger partial charge on any atom is 0.344 e. The Hall–Kier alpha value is -2.55. The van der Waals surface area contributed by atoms with Gasteiger partial charge in [0.1, 0.15) is 6.17 Å². The Morgan fingerprint density at radius 3 is 2.41 bits per heavy atom. The molecule has 0 aliphatic carbocycles. The summed E-state index contributed by atoms with van der Waals surface area (Å²) in [6.45, 7) is 7.36. The normalized spacial score (nSPS) is 16.4. The van der Waals surface area contributed by atoms with Crippen LogP contribution in [0, 0.1) is 6.92 Å². The molecule has 2 amide bonds. The molecular formula is C23H29ClN4O3S. The van der Waals surface area contributed by atoms with Gasteiger partial charge in [0.2, 0.25) is 0 Å². The van der Waals surface area contributed by atoms with Gasteiger partial charge in [-0.3, -0.25) is 9.45 Å². The molecule has 0 saturated heterocycles. The highest BCUT2D eigenvalue weighted by molar-refractivity contribution is 7.81. The Morgan fingerprint density at radius 1 is 1.16 bits per heavy atom. The molecule has 172 valence electrons. The summed E-state index contributed by atoms with van der Waals surface area (Å²) in [6, 6.07) is 12.3. The molecule has 0 radical (unpaired) electrons. The Balaban J connectivity index is 1.73. The number of halogens is 1. The molecule has 3 rings (SSSR count). The van der Waals surface area contributed by atoms with Gasteiger partial charge in [-0.05, 0) is 50.1 Å². The van der Waals surface area contributed by atoms with Crippen LogP contribution in [0.25, 0.3) is 0 Å². The van der Waals surface area contributed by atoms with Gasteiger partial charge in [0.25, 0.3) is 11.3 Å². The Kier molecular flexibility index (Phi) is 7.82. The molecule has 1 aliphatic rings. The number of anilines is 2. The van der Waals surface area contributed by atoms with E-state index in [1.54, 1.807) is 36.7 Å². The van der Waals surface area contributed by atoms with Crippen LogP contribution in [0.3, 0.4) is 0 Å². The number of rotatable bonds is 7. The van der Waals surface area contributed by atoms with E-state index in [9.17, 15) is 13.6 Å². The van der Waals surface area contributed by atoms with E-state index in [2.05, 4.69) is 11.8 Å². The second kappa shape index (κ2) is 10.4. The van der Waals surface area contributed by atoms with Crippen molar-refractivity contribution in [1.82, 2.24) is 9.80 Å². The number of urea groups is 1. The van der Waals surface area contributed by atoms with Crippen LogP contribution in [0.2, 0.25) is 5.02 Å². The van der Waals surface area contributed by atoms with Gasteiger partial charge in [-0.15, -0.1) is 0 Å². The second-order valence-electron chi connectivity index (χ2n) is 7.85. The van der Waals surface area contributed by atoms with Gasteiger partial charge in [0.15, 0.2) is 0 Å². The average molecular weight is 477 g/mol. The molecule has 9 heteroatoms. The van der Waals surface area contributed by atoms with Gasteiger partial charge in [-0.1, -0.05) is 42.3 Å². The predicted octanol–water partition coefficient (Wildman–Crippen LogP) is 5.19. The van der Waals surface area contributed by atoms with E-state index >= 15 is 0 Å². The van der Waals surface area contributed by atoms with Gasteiger partial charge in [-0.25, -0.2) is 9.00 Å². The summed E-state index contributed by atoms with van der Waals surface area (Å²) in [5, 5.41) is 0.661. The fraction of sp³-hybridized carbons (Fsp3) is 0.348. The van der Waals surface area contributed by atoms with Crippen LogP contribution in [0.1, 0.15) is 31.4 Å². The first kappa shape index (κ1) is 24.1. The standard InChI is InChI=1S/C23H29ClN4O3S/c1-5-12-25(4)21-11-8-19(22(24)15-21)16-26-13-14-27(18(26)3)23(29)28(32(30)31)20-9-6-17(2)7-10-20/h6-11,13-15,18H,5,12,16H2,1-4H3,(H,30,31). The molecule has 0 fully saturated rings.